The molecular weight excluding hydrogens is 214 g/mol. The predicted octanol–water partition coefficient (Wildman–Crippen LogP) is 3.31. The van der Waals surface area contributed by atoms with E-state index in [0.717, 1.165) is 37.5 Å². The number of anilines is 1. The molecule has 17 heavy (non-hydrogen) atoms. The molecule has 1 rings (SSSR count). The first kappa shape index (κ1) is 13.8. The molecule has 0 aliphatic carbocycles. The van der Waals surface area contributed by atoms with Gasteiger partial charge in [0.2, 0.25) is 0 Å². The molecule has 0 spiro atoms. The van der Waals surface area contributed by atoms with Crippen LogP contribution in [0.25, 0.3) is 0 Å². The zero-order chi connectivity index (χ0) is 12.5. The van der Waals surface area contributed by atoms with Crippen LogP contribution in [-0.2, 0) is 4.74 Å². The monoisotopic (exact) mass is 237 g/mol. The molecule has 1 unspecified atom stereocenters. The number of methoxy groups -OCH3 is 1. The van der Waals surface area contributed by atoms with Gasteiger partial charge in [0.15, 0.2) is 0 Å². The summed E-state index contributed by atoms with van der Waals surface area (Å²) in [6.07, 6.45) is 2.04. The lowest BCUT2D eigenvalue weighted by molar-refractivity contribution is 0.191. The van der Waals surface area contributed by atoms with E-state index < -0.39 is 0 Å². The fourth-order valence-electron chi connectivity index (χ4n) is 1.52. The minimum Gasteiger partial charge on any atom is -0.494 e. The first-order chi connectivity index (χ1) is 8.26. The topological polar surface area (TPSA) is 30.5 Å². The van der Waals surface area contributed by atoms with Crippen LogP contribution in [0.4, 0.5) is 5.69 Å². The van der Waals surface area contributed by atoms with Gasteiger partial charge in [-0.1, -0.05) is 6.92 Å². The molecule has 1 N–H and O–H groups in total. The third-order valence-electron chi connectivity index (χ3n) is 2.50. The lowest BCUT2D eigenvalue weighted by atomic mass is 10.2. The van der Waals surface area contributed by atoms with Crippen LogP contribution in [-0.4, -0.2) is 26.4 Å². The molecule has 0 bridgehead atoms. The van der Waals surface area contributed by atoms with E-state index in [-0.39, 0.29) is 0 Å². The summed E-state index contributed by atoms with van der Waals surface area (Å²) in [4.78, 5) is 0. The number of ether oxygens (including phenoxy) is 2. The van der Waals surface area contributed by atoms with E-state index in [1.54, 1.807) is 7.11 Å². The van der Waals surface area contributed by atoms with Gasteiger partial charge < -0.3 is 14.8 Å². The van der Waals surface area contributed by atoms with Gasteiger partial charge in [0.05, 0.1) is 6.61 Å². The highest BCUT2D eigenvalue weighted by atomic mass is 16.5. The summed E-state index contributed by atoms with van der Waals surface area (Å²) >= 11 is 0. The highest BCUT2D eigenvalue weighted by Gasteiger charge is 2.01. The van der Waals surface area contributed by atoms with Gasteiger partial charge >= 0.3 is 0 Å². The van der Waals surface area contributed by atoms with Crippen molar-refractivity contribution in [2.24, 2.45) is 0 Å². The summed E-state index contributed by atoms with van der Waals surface area (Å²) < 4.78 is 10.6. The van der Waals surface area contributed by atoms with Crippen LogP contribution in [0.2, 0.25) is 0 Å². The van der Waals surface area contributed by atoms with Crippen molar-refractivity contribution in [1.82, 2.24) is 0 Å². The van der Waals surface area contributed by atoms with Crippen LogP contribution in [0.5, 0.6) is 5.75 Å². The second kappa shape index (κ2) is 7.96. The average Bonchev–Trinajstić information content (AvgIpc) is 2.35. The molecule has 0 fully saturated rings. The standard InChI is InChI=1S/C14H23NO2/c1-4-10-17-14-7-5-13(6-8-14)15-12(2)9-11-16-3/h5-8,12,15H,4,9-11H2,1-3H3. The van der Waals surface area contributed by atoms with Crippen molar-refractivity contribution in [3.63, 3.8) is 0 Å². The van der Waals surface area contributed by atoms with Crippen molar-refractivity contribution in [3.8, 4) is 5.75 Å². The Morgan fingerprint density at radius 3 is 2.47 bits per heavy atom. The van der Waals surface area contributed by atoms with Crippen molar-refractivity contribution in [2.75, 3.05) is 25.6 Å². The van der Waals surface area contributed by atoms with Crippen molar-refractivity contribution >= 4 is 5.69 Å². The number of hydrogen-bond acceptors (Lipinski definition) is 3. The maximum absolute atomic E-state index is 5.53. The zero-order valence-electron chi connectivity index (χ0n) is 11.0. The highest BCUT2D eigenvalue weighted by molar-refractivity contribution is 5.46. The van der Waals surface area contributed by atoms with Gasteiger partial charge in [-0.05, 0) is 44.0 Å². The maximum Gasteiger partial charge on any atom is 0.119 e. The number of rotatable bonds is 8. The Morgan fingerprint density at radius 2 is 1.88 bits per heavy atom. The van der Waals surface area contributed by atoms with Gasteiger partial charge in [-0.2, -0.15) is 0 Å². The molecule has 0 saturated carbocycles. The van der Waals surface area contributed by atoms with Crippen LogP contribution in [0.1, 0.15) is 26.7 Å². The minimum atomic E-state index is 0.414. The normalized spacial score (nSPS) is 12.2. The quantitative estimate of drug-likeness (QED) is 0.752. The Hall–Kier alpha value is -1.22. The molecule has 0 amide bonds. The Balaban J connectivity index is 2.39. The average molecular weight is 237 g/mol. The van der Waals surface area contributed by atoms with Crippen LogP contribution in [0.3, 0.4) is 0 Å². The van der Waals surface area contributed by atoms with Gasteiger partial charge in [0, 0.05) is 25.4 Å². The molecule has 1 atom stereocenters. The van der Waals surface area contributed by atoms with Gasteiger partial charge in [-0.15, -0.1) is 0 Å². The summed E-state index contributed by atoms with van der Waals surface area (Å²) in [5.41, 5.74) is 1.12. The van der Waals surface area contributed by atoms with Gasteiger partial charge in [0.1, 0.15) is 5.75 Å². The molecule has 3 nitrogen and oxygen atoms in total. The van der Waals surface area contributed by atoms with E-state index in [2.05, 4.69) is 19.2 Å². The lowest BCUT2D eigenvalue weighted by Crippen LogP contribution is -2.16. The molecule has 0 heterocycles. The molecule has 0 aliphatic rings. The van der Waals surface area contributed by atoms with E-state index in [1.165, 1.54) is 0 Å². The number of benzene rings is 1. The zero-order valence-corrected chi connectivity index (χ0v) is 11.0. The summed E-state index contributed by atoms with van der Waals surface area (Å²) in [7, 11) is 1.73. The van der Waals surface area contributed by atoms with Crippen LogP contribution in [0.15, 0.2) is 24.3 Å². The maximum atomic E-state index is 5.53. The van der Waals surface area contributed by atoms with Crippen LogP contribution >= 0.6 is 0 Å². The fraction of sp³-hybridized carbons (Fsp3) is 0.571. The van der Waals surface area contributed by atoms with Crippen LogP contribution < -0.4 is 10.1 Å². The molecule has 1 aromatic rings. The van der Waals surface area contributed by atoms with Gasteiger partial charge in [-0.25, -0.2) is 0 Å². The van der Waals surface area contributed by atoms with E-state index in [0.29, 0.717) is 6.04 Å². The first-order valence-corrected chi connectivity index (χ1v) is 6.24. The molecule has 96 valence electrons. The molecular formula is C14H23NO2. The summed E-state index contributed by atoms with van der Waals surface area (Å²) in [6, 6.07) is 8.52. The van der Waals surface area contributed by atoms with E-state index >= 15 is 0 Å². The van der Waals surface area contributed by atoms with Crippen LogP contribution in [0, 0.1) is 0 Å². The summed E-state index contributed by atoms with van der Waals surface area (Å²) in [5, 5.41) is 3.42. The minimum absolute atomic E-state index is 0.414. The molecule has 0 saturated heterocycles. The predicted molar refractivity (Wildman–Crippen MR) is 71.8 cm³/mol. The van der Waals surface area contributed by atoms with E-state index in [4.69, 9.17) is 9.47 Å². The Bertz CT molecular complexity index is 298. The molecule has 0 radical (unpaired) electrons. The number of hydrogen-bond donors (Lipinski definition) is 1. The largest absolute Gasteiger partial charge is 0.494 e. The molecule has 0 aromatic heterocycles. The third kappa shape index (κ3) is 5.59. The Morgan fingerprint density at radius 1 is 1.18 bits per heavy atom. The third-order valence-corrected chi connectivity index (χ3v) is 2.50. The smallest absolute Gasteiger partial charge is 0.119 e. The van der Waals surface area contributed by atoms with E-state index in [1.807, 2.05) is 24.3 Å². The second-order valence-corrected chi connectivity index (χ2v) is 4.20. The highest BCUT2D eigenvalue weighted by Crippen LogP contribution is 2.17. The van der Waals surface area contributed by atoms with Gasteiger partial charge in [0.25, 0.3) is 0 Å². The van der Waals surface area contributed by atoms with E-state index in [9.17, 15) is 0 Å². The first-order valence-electron chi connectivity index (χ1n) is 6.24. The van der Waals surface area contributed by atoms with Crippen molar-refractivity contribution < 1.29 is 9.47 Å². The Labute approximate surface area is 104 Å². The van der Waals surface area contributed by atoms with Crippen molar-refractivity contribution in [2.45, 2.75) is 32.7 Å². The van der Waals surface area contributed by atoms with Crippen molar-refractivity contribution in [3.05, 3.63) is 24.3 Å². The summed E-state index contributed by atoms with van der Waals surface area (Å²) in [6.45, 7) is 5.82. The van der Waals surface area contributed by atoms with Crippen molar-refractivity contribution in [1.29, 1.82) is 0 Å². The second-order valence-electron chi connectivity index (χ2n) is 4.20. The lowest BCUT2D eigenvalue weighted by Gasteiger charge is -2.15. The SMILES string of the molecule is CCCOc1ccc(NC(C)CCOC)cc1. The summed E-state index contributed by atoms with van der Waals surface area (Å²) in [5.74, 6) is 0.932. The van der Waals surface area contributed by atoms with Gasteiger partial charge in [-0.3, -0.25) is 0 Å². The molecule has 0 aliphatic heterocycles. The Kier molecular flexibility index (Phi) is 6.48. The fourth-order valence-corrected chi connectivity index (χ4v) is 1.52. The molecule has 1 aromatic carbocycles. The number of nitrogens with one attached hydrogen (secondary N) is 1. The molecule has 3 heteroatoms.